The van der Waals surface area contributed by atoms with E-state index in [-0.39, 0.29) is 15.2 Å². The van der Waals surface area contributed by atoms with Gasteiger partial charge in [-0.1, -0.05) is 32.0 Å². The topological polar surface area (TPSA) is 190 Å². The van der Waals surface area contributed by atoms with Gasteiger partial charge in [-0.15, -0.1) is 0 Å². The maximum atomic E-state index is 7.07. The summed E-state index contributed by atoms with van der Waals surface area (Å²) in [5, 5.41) is 28.0. The van der Waals surface area contributed by atoms with Gasteiger partial charge in [-0.3, -0.25) is 5.26 Å². The van der Waals surface area contributed by atoms with Crippen molar-refractivity contribution < 1.29 is 23.2 Å². The van der Waals surface area contributed by atoms with E-state index in [1.54, 1.807) is 0 Å². The molecule has 0 saturated carbocycles. The van der Waals surface area contributed by atoms with E-state index in [0.29, 0.717) is 6.54 Å². The number of nitrogens with one attached hydrogen (secondary N) is 1. The van der Waals surface area contributed by atoms with E-state index in [4.69, 9.17) is 26.6 Å². The van der Waals surface area contributed by atoms with Gasteiger partial charge in [0.15, 0.2) is 0 Å². The van der Waals surface area contributed by atoms with Crippen LogP contribution in [0.1, 0.15) is 27.8 Å². The van der Waals surface area contributed by atoms with E-state index in [1.807, 2.05) is 38.1 Å². The lowest BCUT2D eigenvalue weighted by Crippen LogP contribution is -1.96. The number of nitrogens with two attached hydrogens (primary N) is 1. The first-order valence-corrected chi connectivity index (χ1v) is 5.65. The molecule has 1 aromatic carbocycles. The second-order valence-electron chi connectivity index (χ2n) is 2.28. The molecule has 134 valence electrons. The fourth-order valence-electron chi connectivity index (χ4n) is 0.810. The van der Waals surface area contributed by atoms with E-state index in [0.717, 1.165) is 25.3 Å². The van der Waals surface area contributed by atoms with Crippen molar-refractivity contribution in [1.82, 2.24) is 12.3 Å². The highest BCUT2D eigenvalue weighted by Gasteiger charge is 1.88. The molecule has 0 bridgehead atoms. The first-order valence-electron chi connectivity index (χ1n) is 5.65. The fraction of sp³-hybridized carbons (Fsp3) is 0.462. The summed E-state index contributed by atoms with van der Waals surface area (Å²) in [7, 11) is 3.18. The Morgan fingerprint density at radius 2 is 1.57 bits per heavy atom. The van der Waals surface area contributed by atoms with Gasteiger partial charge in [0.25, 0.3) is 0 Å². The van der Waals surface area contributed by atoms with Crippen molar-refractivity contribution in [3.05, 3.63) is 35.4 Å². The Labute approximate surface area is 131 Å². The Hall–Kier alpha value is -1.39. The number of aliphatic hydroxyl groups is 2. The normalized spacial score (nSPS) is 6.14. The van der Waals surface area contributed by atoms with Crippen LogP contribution in [0, 0.1) is 5.41 Å². The van der Waals surface area contributed by atoms with Gasteiger partial charge in [0.2, 0.25) is 0 Å². The SMILES string of the molecule is CC.CO.CO.COO.N.N.N=Cc1cccc(CN)c1.[HH].[HH]. The van der Waals surface area contributed by atoms with E-state index < -0.39 is 0 Å². The van der Waals surface area contributed by atoms with Crippen LogP contribution in [0.25, 0.3) is 0 Å². The molecule has 0 radical (unpaired) electrons. The van der Waals surface area contributed by atoms with Crippen molar-refractivity contribution in [1.29, 1.82) is 5.41 Å². The summed E-state index contributed by atoms with van der Waals surface area (Å²) in [4.78, 5) is 3.25. The molecule has 0 unspecified atom stereocenters. The standard InChI is InChI=1S/C8H10N2.C2H6.CH4O2.2CH4O.2H3N.2H2/c9-5-7-2-1-3-8(4-7)6-10;1-2;1-3-2;2*1-2;;;;/h1-5,9H,6,10H2;1-2H3;2H,1H3;2*2H,1H3;2*1H3;2*1H. The minimum absolute atomic E-state index is 0. The van der Waals surface area contributed by atoms with Crippen LogP contribution in [0.4, 0.5) is 0 Å². The number of hydrogen-bond donors (Lipinski definition) is 7. The molecule has 0 atom stereocenters. The highest BCUT2D eigenvalue weighted by Crippen LogP contribution is 2.00. The Bertz CT molecular complexity index is 273. The van der Waals surface area contributed by atoms with E-state index in [1.165, 1.54) is 13.3 Å². The lowest BCUT2D eigenvalue weighted by molar-refractivity contribution is -0.214. The Kier molecular flexibility index (Phi) is 74.8. The molecular weight excluding hydrogens is 276 g/mol. The molecule has 0 fully saturated rings. The van der Waals surface area contributed by atoms with Crippen molar-refractivity contribution in [2.24, 2.45) is 5.73 Å². The van der Waals surface area contributed by atoms with Crippen LogP contribution in [-0.2, 0) is 11.4 Å². The van der Waals surface area contributed by atoms with Crippen molar-refractivity contribution in [2.45, 2.75) is 20.4 Å². The molecule has 0 aliphatic rings. The molecule has 0 saturated heterocycles. The van der Waals surface area contributed by atoms with Gasteiger partial charge in [0, 0.05) is 29.8 Å². The number of benzene rings is 1. The zero-order valence-corrected chi connectivity index (χ0v) is 13.8. The molecule has 0 spiro atoms. The lowest BCUT2D eigenvalue weighted by Gasteiger charge is -1.95. The van der Waals surface area contributed by atoms with E-state index in [2.05, 4.69) is 4.89 Å². The Balaban J connectivity index is -0.0000000253. The molecule has 0 aliphatic carbocycles. The first-order chi connectivity index (χ1) is 9.28. The van der Waals surface area contributed by atoms with Crippen molar-refractivity contribution in [3.8, 4) is 0 Å². The molecule has 8 heteroatoms. The summed E-state index contributed by atoms with van der Waals surface area (Å²) in [5.74, 6) is 0. The third-order valence-corrected chi connectivity index (χ3v) is 1.35. The molecule has 0 aliphatic heterocycles. The zero-order chi connectivity index (χ0) is 16.1. The number of hydrogen-bond acceptors (Lipinski definition) is 8. The first kappa shape index (κ1) is 36.7. The quantitative estimate of drug-likeness (QED) is 0.247. The second kappa shape index (κ2) is 42.8. The van der Waals surface area contributed by atoms with Crippen molar-refractivity contribution >= 4 is 6.21 Å². The van der Waals surface area contributed by atoms with Gasteiger partial charge >= 0.3 is 0 Å². The maximum absolute atomic E-state index is 7.07. The summed E-state index contributed by atoms with van der Waals surface area (Å²) in [6.07, 6.45) is 1.32. The van der Waals surface area contributed by atoms with E-state index in [9.17, 15) is 0 Å². The average molecular weight is 314 g/mol. The minimum atomic E-state index is 0. The molecule has 12 N–H and O–H groups in total. The third-order valence-electron chi connectivity index (χ3n) is 1.35. The van der Waals surface area contributed by atoms with Crippen LogP contribution in [0.5, 0.6) is 0 Å². The van der Waals surface area contributed by atoms with Crippen molar-refractivity contribution in [3.63, 3.8) is 0 Å². The number of rotatable bonds is 2. The van der Waals surface area contributed by atoms with E-state index >= 15 is 0 Å². The molecule has 1 aromatic rings. The van der Waals surface area contributed by atoms with Crippen molar-refractivity contribution in [2.75, 3.05) is 21.3 Å². The maximum Gasteiger partial charge on any atom is 0.0710 e. The molecule has 0 amide bonds. The Morgan fingerprint density at radius 1 is 1.19 bits per heavy atom. The summed E-state index contributed by atoms with van der Waals surface area (Å²) in [5.41, 5.74) is 7.37. The predicted molar refractivity (Wildman–Crippen MR) is 93.8 cm³/mol. The molecule has 0 aromatic heterocycles. The minimum Gasteiger partial charge on any atom is -0.400 e. The fourth-order valence-corrected chi connectivity index (χ4v) is 0.810. The van der Waals surface area contributed by atoms with Gasteiger partial charge in [-0.05, 0) is 17.2 Å². The van der Waals surface area contributed by atoms with Gasteiger partial charge in [-0.2, -0.15) is 0 Å². The predicted octanol–water partition coefficient (Wildman–Crippen LogP) is 2.31. The molecular formula is C13H38N4O4. The van der Waals surface area contributed by atoms with Gasteiger partial charge < -0.3 is 33.7 Å². The molecule has 0 heterocycles. The van der Waals surface area contributed by atoms with Crippen LogP contribution in [0.3, 0.4) is 0 Å². The molecule has 1 rings (SSSR count). The van der Waals surface area contributed by atoms with Gasteiger partial charge in [0.05, 0.1) is 7.11 Å². The molecule has 8 nitrogen and oxygen atoms in total. The summed E-state index contributed by atoms with van der Waals surface area (Å²) >= 11 is 0. The van der Waals surface area contributed by atoms with Gasteiger partial charge in [-0.25, -0.2) is 4.89 Å². The highest BCUT2D eigenvalue weighted by atomic mass is 17.1. The van der Waals surface area contributed by atoms with Crippen LogP contribution < -0.4 is 18.0 Å². The molecule has 21 heavy (non-hydrogen) atoms. The summed E-state index contributed by atoms with van der Waals surface area (Å²) in [6.45, 7) is 4.54. The lowest BCUT2D eigenvalue weighted by atomic mass is 10.1. The van der Waals surface area contributed by atoms with Crippen LogP contribution in [0.2, 0.25) is 0 Å². The Morgan fingerprint density at radius 3 is 1.86 bits per heavy atom. The second-order valence-corrected chi connectivity index (χ2v) is 2.28. The third kappa shape index (κ3) is 32.3. The smallest absolute Gasteiger partial charge is 0.0710 e. The van der Waals surface area contributed by atoms with Crippen LogP contribution in [0.15, 0.2) is 24.3 Å². The average Bonchev–Trinajstić information content (AvgIpc) is 2.54. The largest absolute Gasteiger partial charge is 0.400 e. The summed E-state index contributed by atoms with van der Waals surface area (Å²) in [6, 6.07) is 7.65. The van der Waals surface area contributed by atoms with Crippen LogP contribution >= 0.6 is 0 Å². The zero-order valence-electron chi connectivity index (χ0n) is 13.8. The monoisotopic (exact) mass is 314 g/mol. The van der Waals surface area contributed by atoms with Crippen LogP contribution in [-0.4, -0.2) is 43.0 Å². The summed E-state index contributed by atoms with van der Waals surface area (Å²) < 4.78 is 0. The number of aliphatic hydroxyl groups excluding tert-OH is 2. The highest BCUT2D eigenvalue weighted by molar-refractivity contribution is 5.77. The van der Waals surface area contributed by atoms with Gasteiger partial charge in [0.1, 0.15) is 0 Å².